The largest absolute Gasteiger partial charge is 0.495 e. The fourth-order valence-electron chi connectivity index (χ4n) is 2.97. The molecule has 0 spiro atoms. The van der Waals surface area contributed by atoms with Gasteiger partial charge in [-0.2, -0.15) is 0 Å². The molecular formula is C18H20Cl3N3O3S. The van der Waals surface area contributed by atoms with Crippen LogP contribution in [0.1, 0.15) is 0 Å². The lowest BCUT2D eigenvalue weighted by atomic mass is 10.2. The number of likely N-dealkylation sites (N-methyl/N-ethyl adjacent to an activating group) is 1. The van der Waals surface area contributed by atoms with E-state index in [1.165, 1.54) is 12.1 Å². The Morgan fingerprint density at radius 2 is 1.68 bits per heavy atom. The van der Waals surface area contributed by atoms with Gasteiger partial charge in [-0.25, -0.2) is 8.42 Å². The van der Waals surface area contributed by atoms with Gasteiger partial charge in [-0.15, -0.1) is 0 Å². The molecule has 10 heteroatoms. The third-order valence-electron chi connectivity index (χ3n) is 4.56. The fourth-order valence-corrected chi connectivity index (χ4v) is 5.00. The molecule has 3 rings (SSSR count). The van der Waals surface area contributed by atoms with Gasteiger partial charge in [0.2, 0.25) is 0 Å². The van der Waals surface area contributed by atoms with Crippen molar-refractivity contribution in [1.82, 2.24) is 4.90 Å². The molecule has 0 unspecified atom stereocenters. The Morgan fingerprint density at radius 3 is 2.32 bits per heavy atom. The van der Waals surface area contributed by atoms with Gasteiger partial charge in [0.05, 0.1) is 33.6 Å². The predicted molar refractivity (Wildman–Crippen MR) is 115 cm³/mol. The molecule has 152 valence electrons. The van der Waals surface area contributed by atoms with Gasteiger partial charge in [0, 0.05) is 26.2 Å². The summed E-state index contributed by atoms with van der Waals surface area (Å²) in [4.78, 5) is 4.27. The van der Waals surface area contributed by atoms with Crippen LogP contribution >= 0.6 is 34.8 Å². The van der Waals surface area contributed by atoms with Crippen LogP contribution in [0.3, 0.4) is 0 Å². The smallest absolute Gasteiger partial charge is 0.263 e. The maximum atomic E-state index is 12.8. The minimum absolute atomic E-state index is 0.000866. The van der Waals surface area contributed by atoms with E-state index >= 15 is 0 Å². The fraction of sp³-hybridized carbons (Fsp3) is 0.333. The van der Waals surface area contributed by atoms with Crippen molar-refractivity contribution in [3.05, 3.63) is 45.4 Å². The molecule has 6 nitrogen and oxygen atoms in total. The van der Waals surface area contributed by atoms with E-state index < -0.39 is 10.0 Å². The second-order valence-electron chi connectivity index (χ2n) is 6.46. The highest BCUT2D eigenvalue weighted by Crippen LogP contribution is 2.37. The summed E-state index contributed by atoms with van der Waals surface area (Å²) in [6, 6.07) is 7.86. The Labute approximate surface area is 180 Å². The van der Waals surface area contributed by atoms with Gasteiger partial charge in [-0.05, 0) is 37.4 Å². The first-order valence-electron chi connectivity index (χ1n) is 8.51. The van der Waals surface area contributed by atoms with Crippen molar-refractivity contribution < 1.29 is 13.2 Å². The van der Waals surface area contributed by atoms with E-state index in [-0.39, 0.29) is 20.0 Å². The second-order valence-corrected chi connectivity index (χ2v) is 9.27. The maximum Gasteiger partial charge on any atom is 0.263 e. The van der Waals surface area contributed by atoms with Crippen LogP contribution in [0, 0.1) is 0 Å². The monoisotopic (exact) mass is 463 g/mol. The predicted octanol–water partition coefficient (Wildman–Crippen LogP) is 4.21. The van der Waals surface area contributed by atoms with Gasteiger partial charge in [-0.3, -0.25) is 4.72 Å². The van der Waals surface area contributed by atoms with E-state index in [9.17, 15) is 8.42 Å². The van der Waals surface area contributed by atoms with Gasteiger partial charge < -0.3 is 14.5 Å². The normalized spacial score (nSPS) is 15.5. The molecule has 0 radical (unpaired) electrons. The molecule has 1 fully saturated rings. The molecule has 0 aliphatic carbocycles. The van der Waals surface area contributed by atoms with Crippen molar-refractivity contribution in [1.29, 1.82) is 0 Å². The van der Waals surface area contributed by atoms with E-state index in [4.69, 9.17) is 39.5 Å². The summed E-state index contributed by atoms with van der Waals surface area (Å²) in [6.07, 6.45) is 0. The summed E-state index contributed by atoms with van der Waals surface area (Å²) in [5, 5.41) is 0.0703. The number of piperazine rings is 1. The van der Waals surface area contributed by atoms with Gasteiger partial charge in [0.1, 0.15) is 10.6 Å². The minimum atomic E-state index is -3.95. The van der Waals surface area contributed by atoms with Gasteiger partial charge in [-0.1, -0.05) is 34.8 Å². The Bertz CT molecular complexity index is 978. The van der Waals surface area contributed by atoms with Gasteiger partial charge >= 0.3 is 0 Å². The topological polar surface area (TPSA) is 61.9 Å². The summed E-state index contributed by atoms with van der Waals surface area (Å²) in [5.41, 5.74) is 1.23. The number of sulfonamides is 1. The molecule has 1 aliphatic heterocycles. The molecule has 28 heavy (non-hydrogen) atoms. The van der Waals surface area contributed by atoms with Crippen LogP contribution in [0.25, 0.3) is 0 Å². The number of benzene rings is 2. The zero-order chi connectivity index (χ0) is 20.5. The molecule has 0 aromatic heterocycles. The number of rotatable bonds is 5. The SMILES string of the molecule is COc1ccc(NS(=O)(=O)c2ccc(Cl)c(Cl)c2Cl)cc1N1CCN(C)CC1. The zero-order valence-electron chi connectivity index (χ0n) is 15.4. The number of nitrogens with one attached hydrogen (secondary N) is 1. The third kappa shape index (κ3) is 4.44. The lowest BCUT2D eigenvalue weighted by Crippen LogP contribution is -2.44. The number of methoxy groups -OCH3 is 1. The van der Waals surface area contributed by atoms with Gasteiger partial charge in [0.25, 0.3) is 10.0 Å². The molecule has 1 N–H and O–H groups in total. The number of halogens is 3. The van der Waals surface area contributed by atoms with Crippen LogP contribution in [-0.2, 0) is 10.0 Å². The van der Waals surface area contributed by atoms with Crippen LogP contribution in [0.5, 0.6) is 5.75 Å². The van der Waals surface area contributed by atoms with Crippen LogP contribution < -0.4 is 14.4 Å². The first kappa shape index (κ1) is 21.3. The van der Waals surface area contributed by atoms with E-state index in [1.54, 1.807) is 25.3 Å². The summed E-state index contributed by atoms with van der Waals surface area (Å²) in [7, 11) is -0.291. The average Bonchev–Trinajstić information content (AvgIpc) is 2.66. The molecule has 1 heterocycles. The number of anilines is 2. The van der Waals surface area contributed by atoms with Crippen molar-refractivity contribution in [2.75, 3.05) is 50.0 Å². The molecule has 0 amide bonds. The van der Waals surface area contributed by atoms with E-state index in [2.05, 4.69) is 21.6 Å². The minimum Gasteiger partial charge on any atom is -0.495 e. The molecule has 0 bridgehead atoms. The van der Waals surface area contributed by atoms with Gasteiger partial charge in [0.15, 0.2) is 0 Å². The highest BCUT2D eigenvalue weighted by atomic mass is 35.5. The molecule has 1 saturated heterocycles. The zero-order valence-corrected chi connectivity index (χ0v) is 18.5. The van der Waals surface area contributed by atoms with Crippen molar-refractivity contribution in [3.63, 3.8) is 0 Å². The Hall–Kier alpha value is -1.38. The maximum absolute atomic E-state index is 12.8. The van der Waals surface area contributed by atoms with E-state index in [0.717, 1.165) is 31.9 Å². The molecular weight excluding hydrogens is 445 g/mol. The van der Waals surface area contributed by atoms with Crippen molar-refractivity contribution in [3.8, 4) is 5.75 Å². The number of hydrogen-bond donors (Lipinski definition) is 1. The summed E-state index contributed by atoms with van der Waals surface area (Å²) in [6.45, 7) is 3.47. The van der Waals surface area contributed by atoms with Crippen LogP contribution in [-0.4, -0.2) is 53.7 Å². The molecule has 1 aliphatic rings. The van der Waals surface area contributed by atoms with Crippen LogP contribution in [0.2, 0.25) is 15.1 Å². The highest BCUT2D eigenvalue weighted by Gasteiger charge is 2.23. The van der Waals surface area contributed by atoms with E-state index in [0.29, 0.717) is 11.4 Å². The van der Waals surface area contributed by atoms with Crippen molar-refractivity contribution >= 4 is 56.2 Å². The molecule has 2 aromatic rings. The lowest BCUT2D eigenvalue weighted by Gasteiger charge is -2.35. The molecule has 0 saturated carbocycles. The van der Waals surface area contributed by atoms with Crippen molar-refractivity contribution in [2.45, 2.75) is 4.90 Å². The summed E-state index contributed by atoms with van der Waals surface area (Å²) in [5.74, 6) is 0.681. The third-order valence-corrected chi connectivity index (χ3v) is 7.39. The number of nitrogens with zero attached hydrogens (tertiary/aromatic N) is 2. The molecule has 2 aromatic carbocycles. The van der Waals surface area contributed by atoms with E-state index in [1.807, 2.05) is 0 Å². The second kappa shape index (κ2) is 8.55. The highest BCUT2D eigenvalue weighted by molar-refractivity contribution is 7.92. The Kier molecular flexibility index (Phi) is 6.51. The first-order valence-corrected chi connectivity index (χ1v) is 11.1. The Balaban J connectivity index is 1.92. The summed E-state index contributed by atoms with van der Waals surface area (Å²) < 4.78 is 33.7. The average molecular weight is 465 g/mol. The number of hydrogen-bond acceptors (Lipinski definition) is 5. The first-order chi connectivity index (χ1) is 13.2. The standard InChI is InChI=1S/C18H20Cl3N3O3S/c1-23-7-9-24(10-8-23)14-11-12(3-5-15(14)27-2)22-28(25,26)16-6-4-13(19)17(20)18(16)21/h3-6,11,22H,7-10H2,1-2H3. The Morgan fingerprint density at radius 1 is 1.00 bits per heavy atom. The molecule has 0 atom stereocenters. The lowest BCUT2D eigenvalue weighted by molar-refractivity contribution is 0.311. The quantitative estimate of drug-likeness (QED) is 0.672. The number of ether oxygens (including phenoxy) is 1. The summed E-state index contributed by atoms with van der Waals surface area (Å²) >= 11 is 18.0. The van der Waals surface area contributed by atoms with Crippen LogP contribution in [0.15, 0.2) is 35.2 Å². The van der Waals surface area contributed by atoms with Crippen molar-refractivity contribution in [2.24, 2.45) is 0 Å². The van der Waals surface area contributed by atoms with Crippen LogP contribution in [0.4, 0.5) is 11.4 Å².